The van der Waals surface area contributed by atoms with Gasteiger partial charge in [0, 0.05) is 6.54 Å². The molecule has 30 heavy (non-hydrogen) atoms. The first-order valence-electron chi connectivity index (χ1n) is 9.66. The lowest BCUT2D eigenvalue weighted by Gasteiger charge is -2.26. The fraction of sp³-hybridized carbons (Fsp3) is 0.286. The SMILES string of the molecule is O=C(CSc1n[nH]c(=O)n1CCc1ccccc1)NC[C@H]1COc2ccccc2O1. The summed E-state index contributed by atoms with van der Waals surface area (Å²) in [6.45, 7) is 1.22. The van der Waals surface area contributed by atoms with Crippen LogP contribution >= 0.6 is 11.8 Å². The van der Waals surface area contributed by atoms with Crippen molar-refractivity contribution in [2.45, 2.75) is 24.2 Å². The Morgan fingerprint density at radius 1 is 1.17 bits per heavy atom. The molecule has 4 rings (SSSR count). The first kappa shape index (κ1) is 20.1. The van der Waals surface area contributed by atoms with E-state index in [9.17, 15) is 9.59 Å². The van der Waals surface area contributed by atoms with Crippen LogP contribution in [0.2, 0.25) is 0 Å². The summed E-state index contributed by atoms with van der Waals surface area (Å²) < 4.78 is 13.0. The van der Waals surface area contributed by atoms with E-state index in [0.29, 0.717) is 42.8 Å². The topological polar surface area (TPSA) is 98.2 Å². The zero-order valence-electron chi connectivity index (χ0n) is 16.2. The highest BCUT2D eigenvalue weighted by Crippen LogP contribution is 2.30. The van der Waals surface area contributed by atoms with Crippen LogP contribution in [0.15, 0.2) is 64.5 Å². The second-order valence-electron chi connectivity index (χ2n) is 6.79. The molecule has 0 aliphatic carbocycles. The number of thioether (sulfide) groups is 1. The first-order valence-corrected chi connectivity index (χ1v) is 10.6. The van der Waals surface area contributed by atoms with Crippen molar-refractivity contribution in [3.63, 3.8) is 0 Å². The molecule has 8 nitrogen and oxygen atoms in total. The minimum absolute atomic E-state index is 0.153. The number of amides is 1. The fourth-order valence-electron chi connectivity index (χ4n) is 3.07. The third kappa shape index (κ3) is 5.04. The van der Waals surface area contributed by atoms with E-state index < -0.39 is 0 Å². The summed E-state index contributed by atoms with van der Waals surface area (Å²) in [5.74, 6) is 1.38. The minimum atomic E-state index is -0.278. The van der Waals surface area contributed by atoms with E-state index in [0.717, 1.165) is 5.56 Å². The Bertz CT molecular complexity index is 1050. The summed E-state index contributed by atoms with van der Waals surface area (Å²) >= 11 is 1.22. The van der Waals surface area contributed by atoms with Gasteiger partial charge in [-0.2, -0.15) is 0 Å². The van der Waals surface area contributed by atoms with Gasteiger partial charge in [0.25, 0.3) is 0 Å². The van der Waals surface area contributed by atoms with Crippen LogP contribution in [0, 0.1) is 0 Å². The number of H-pyrrole nitrogens is 1. The second-order valence-corrected chi connectivity index (χ2v) is 7.73. The Kier molecular flexibility index (Phi) is 6.38. The maximum absolute atomic E-state index is 12.2. The van der Waals surface area contributed by atoms with E-state index in [-0.39, 0.29) is 23.5 Å². The summed E-state index contributed by atoms with van der Waals surface area (Å²) in [4.78, 5) is 24.3. The number of carbonyl (C=O) groups is 1. The first-order chi connectivity index (χ1) is 14.7. The lowest BCUT2D eigenvalue weighted by Crippen LogP contribution is -2.41. The summed E-state index contributed by atoms with van der Waals surface area (Å²) in [7, 11) is 0. The Balaban J connectivity index is 1.25. The summed E-state index contributed by atoms with van der Waals surface area (Å²) in [6, 6.07) is 17.4. The molecular weight excluding hydrogens is 404 g/mol. The van der Waals surface area contributed by atoms with E-state index in [2.05, 4.69) is 15.5 Å². The molecule has 1 aliphatic heterocycles. The molecule has 0 radical (unpaired) electrons. The van der Waals surface area contributed by atoms with Crippen molar-refractivity contribution >= 4 is 17.7 Å². The Morgan fingerprint density at radius 3 is 2.77 bits per heavy atom. The van der Waals surface area contributed by atoms with E-state index >= 15 is 0 Å². The van der Waals surface area contributed by atoms with Crippen molar-refractivity contribution in [1.82, 2.24) is 20.1 Å². The number of ether oxygens (including phenoxy) is 2. The van der Waals surface area contributed by atoms with Gasteiger partial charge < -0.3 is 14.8 Å². The van der Waals surface area contributed by atoms with Gasteiger partial charge in [-0.15, -0.1) is 5.10 Å². The van der Waals surface area contributed by atoms with Gasteiger partial charge >= 0.3 is 5.69 Å². The van der Waals surface area contributed by atoms with Crippen molar-refractivity contribution in [2.24, 2.45) is 0 Å². The van der Waals surface area contributed by atoms with E-state index in [4.69, 9.17) is 9.47 Å². The Labute approximate surface area is 177 Å². The van der Waals surface area contributed by atoms with Crippen LogP contribution in [-0.2, 0) is 17.8 Å². The molecule has 0 saturated carbocycles. The monoisotopic (exact) mass is 426 g/mol. The van der Waals surface area contributed by atoms with Gasteiger partial charge in [-0.1, -0.05) is 54.2 Å². The van der Waals surface area contributed by atoms with E-state index in [1.54, 1.807) is 4.57 Å². The van der Waals surface area contributed by atoms with E-state index in [1.165, 1.54) is 11.8 Å². The van der Waals surface area contributed by atoms with Crippen molar-refractivity contribution in [1.29, 1.82) is 0 Å². The van der Waals surface area contributed by atoms with Gasteiger partial charge in [0.15, 0.2) is 16.7 Å². The van der Waals surface area contributed by atoms with Crippen LogP contribution in [0.1, 0.15) is 5.56 Å². The molecule has 1 aromatic heterocycles. The number of aryl methyl sites for hydroxylation is 1. The molecule has 0 fully saturated rings. The molecule has 2 N–H and O–H groups in total. The fourth-order valence-corrected chi connectivity index (χ4v) is 3.87. The molecule has 2 aromatic carbocycles. The van der Waals surface area contributed by atoms with Gasteiger partial charge in [0.1, 0.15) is 12.7 Å². The standard InChI is InChI=1S/C21H22N4O4S/c26-19(22-12-16-13-28-17-8-4-5-9-18(17)29-16)14-30-21-24-23-20(27)25(21)11-10-15-6-2-1-3-7-15/h1-9,16H,10-14H2,(H,22,26)(H,23,27)/t16-/m0/s1. The molecule has 156 valence electrons. The molecule has 0 saturated heterocycles. The number of aromatic amines is 1. The highest BCUT2D eigenvalue weighted by Gasteiger charge is 2.21. The number of nitrogens with one attached hydrogen (secondary N) is 2. The third-order valence-electron chi connectivity index (χ3n) is 4.62. The maximum Gasteiger partial charge on any atom is 0.343 e. The lowest BCUT2D eigenvalue weighted by molar-refractivity contribution is -0.119. The summed E-state index contributed by atoms with van der Waals surface area (Å²) in [5.41, 5.74) is 0.857. The number of hydrogen-bond donors (Lipinski definition) is 2. The van der Waals surface area contributed by atoms with Crippen LogP contribution in [0.4, 0.5) is 0 Å². The van der Waals surface area contributed by atoms with Crippen LogP contribution in [0.3, 0.4) is 0 Å². The predicted molar refractivity (Wildman–Crippen MR) is 113 cm³/mol. The highest BCUT2D eigenvalue weighted by molar-refractivity contribution is 7.99. The maximum atomic E-state index is 12.2. The highest BCUT2D eigenvalue weighted by atomic mass is 32.2. The molecular formula is C21H22N4O4S. The molecule has 2 heterocycles. The van der Waals surface area contributed by atoms with Gasteiger partial charge in [-0.05, 0) is 24.1 Å². The van der Waals surface area contributed by atoms with E-state index in [1.807, 2.05) is 54.6 Å². The van der Waals surface area contributed by atoms with Crippen LogP contribution in [0.25, 0.3) is 0 Å². The Hall–Kier alpha value is -3.20. The average Bonchev–Trinajstić information content (AvgIpc) is 3.14. The number of nitrogens with zero attached hydrogens (tertiary/aromatic N) is 2. The van der Waals surface area contributed by atoms with Crippen molar-refractivity contribution < 1.29 is 14.3 Å². The summed E-state index contributed by atoms with van der Waals surface area (Å²) in [6.07, 6.45) is 0.462. The largest absolute Gasteiger partial charge is 0.486 e. The van der Waals surface area contributed by atoms with Crippen LogP contribution in [0.5, 0.6) is 11.5 Å². The number of rotatable bonds is 8. The minimum Gasteiger partial charge on any atom is -0.486 e. The zero-order chi connectivity index (χ0) is 20.8. The molecule has 0 spiro atoms. The molecule has 1 atom stereocenters. The van der Waals surface area contributed by atoms with Gasteiger partial charge in [0.2, 0.25) is 5.91 Å². The van der Waals surface area contributed by atoms with Gasteiger partial charge in [-0.3, -0.25) is 9.36 Å². The molecule has 0 unspecified atom stereocenters. The molecule has 9 heteroatoms. The smallest absolute Gasteiger partial charge is 0.343 e. The third-order valence-corrected chi connectivity index (χ3v) is 5.59. The predicted octanol–water partition coefficient (Wildman–Crippen LogP) is 1.86. The number of fused-ring (bicyclic) bond motifs is 1. The van der Waals surface area contributed by atoms with Crippen LogP contribution < -0.4 is 20.5 Å². The molecule has 1 amide bonds. The zero-order valence-corrected chi connectivity index (χ0v) is 17.1. The van der Waals surface area contributed by atoms with Crippen LogP contribution in [-0.4, -0.2) is 45.7 Å². The lowest BCUT2D eigenvalue weighted by atomic mass is 10.1. The number of benzene rings is 2. The molecule has 1 aliphatic rings. The Morgan fingerprint density at radius 2 is 1.93 bits per heavy atom. The molecule has 3 aromatic rings. The number of hydrogen-bond acceptors (Lipinski definition) is 6. The van der Waals surface area contributed by atoms with Gasteiger partial charge in [-0.25, -0.2) is 9.89 Å². The van der Waals surface area contributed by atoms with Crippen molar-refractivity contribution in [3.05, 3.63) is 70.6 Å². The summed E-state index contributed by atoms with van der Waals surface area (Å²) in [5, 5.41) is 9.84. The van der Waals surface area contributed by atoms with Crippen molar-refractivity contribution in [3.8, 4) is 11.5 Å². The van der Waals surface area contributed by atoms with Crippen molar-refractivity contribution in [2.75, 3.05) is 18.9 Å². The second kappa shape index (κ2) is 9.53. The number of carbonyl (C=O) groups excluding carboxylic acids is 1. The normalized spacial score (nSPS) is 15.0. The average molecular weight is 426 g/mol. The quantitative estimate of drug-likeness (QED) is 0.534. The van der Waals surface area contributed by atoms with Gasteiger partial charge in [0.05, 0.1) is 12.3 Å². The molecule has 0 bridgehead atoms. The number of aromatic nitrogens is 3. The number of para-hydroxylation sites is 2.